The van der Waals surface area contributed by atoms with Crippen molar-refractivity contribution in [3.63, 3.8) is 0 Å². The predicted octanol–water partition coefficient (Wildman–Crippen LogP) is 2.64. The first kappa shape index (κ1) is 12.6. The molecule has 1 heterocycles. The molecule has 0 amide bonds. The number of nitrogens with two attached hydrogens (primary N) is 1. The molecule has 0 aliphatic rings. The molecule has 0 bridgehead atoms. The molecular formula is C15H18N2O. The highest BCUT2D eigenvalue weighted by atomic mass is 16.5. The largest absolute Gasteiger partial charge is 0.497 e. The first-order chi connectivity index (χ1) is 8.70. The summed E-state index contributed by atoms with van der Waals surface area (Å²) in [6.07, 6.45) is 4.43. The van der Waals surface area contributed by atoms with Crippen LogP contribution >= 0.6 is 0 Å². The Morgan fingerprint density at radius 1 is 1.33 bits per heavy atom. The number of methoxy groups -OCH3 is 1. The van der Waals surface area contributed by atoms with Crippen LogP contribution in [0.4, 0.5) is 0 Å². The number of aromatic nitrogens is 1. The van der Waals surface area contributed by atoms with Crippen molar-refractivity contribution < 1.29 is 4.74 Å². The number of aryl methyl sites for hydroxylation is 1. The lowest BCUT2D eigenvalue weighted by Gasteiger charge is -2.14. The molecule has 2 aromatic rings. The van der Waals surface area contributed by atoms with Crippen molar-refractivity contribution >= 4 is 0 Å². The summed E-state index contributed by atoms with van der Waals surface area (Å²) in [5, 5.41) is 0. The highest BCUT2D eigenvalue weighted by molar-refractivity contribution is 5.32. The monoisotopic (exact) mass is 242 g/mol. The Kier molecular flexibility index (Phi) is 3.95. The summed E-state index contributed by atoms with van der Waals surface area (Å²) < 4.78 is 5.22. The van der Waals surface area contributed by atoms with Gasteiger partial charge in [0.15, 0.2) is 0 Å². The first-order valence-electron chi connectivity index (χ1n) is 5.99. The maximum atomic E-state index is 6.25. The molecule has 0 saturated heterocycles. The molecule has 1 unspecified atom stereocenters. The highest BCUT2D eigenvalue weighted by Gasteiger charge is 2.10. The van der Waals surface area contributed by atoms with Crippen molar-refractivity contribution in [3.05, 3.63) is 59.4 Å². The van der Waals surface area contributed by atoms with Gasteiger partial charge < -0.3 is 10.5 Å². The van der Waals surface area contributed by atoms with Crippen LogP contribution in [0.1, 0.15) is 22.7 Å². The molecule has 0 spiro atoms. The SMILES string of the molecule is COc1cccc(CC(N)c2ccncc2C)c1. The van der Waals surface area contributed by atoms with E-state index in [1.54, 1.807) is 13.3 Å². The molecule has 1 aromatic heterocycles. The Morgan fingerprint density at radius 2 is 2.17 bits per heavy atom. The first-order valence-corrected chi connectivity index (χ1v) is 5.99. The van der Waals surface area contributed by atoms with Gasteiger partial charge in [-0.1, -0.05) is 12.1 Å². The fraction of sp³-hybridized carbons (Fsp3) is 0.267. The van der Waals surface area contributed by atoms with Crippen LogP contribution in [0.5, 0.6) is 5.75 Å². The lowest BCUT2D eigenvalue weighted by molar-refractivity contribution is 0.414. The van der Waals surface area contributed by atoms with E-state index in [0.717, 1.165) is 23.3 Å². The van der Waals surface area contributed by atoms with Crippen LogP contribution in [0, 0.1) is 6.92 Å². The average Bonchev–Trinajstić information content (AvgIpc) is 2.39. The number of hydrogen-bond donors (Lipinski definition) is 1. The van der Waals surface area contributed by atoms with Gasteiger partial charge in [-0.05, 0) is 48.2 Å². The van der Waals surface area contributed by atoms with Gasteiger partial charge in [-0.2, -0.15) is 0 Å². The standard InChI is InChI=1S/C15H18N2O/c1-11-10-17-7-6-14(11)15(16)9-12-4-3-5-13(8-12)18-2/h3-8,10,15H,9,16H2,1-2H3. The van der Waals surface area contributed by atoms with Gasteiger partial charge in [-0.15, -0.1) is 0 Å². The zero-order valence-electron chi connectivity index (χ0n) is 10.8. The van der Waals surface area contributed by atoms with E-state index in [-0.39, 0.29) is 6.04 Å². The Balaban J connectivity index is 2.16. The Morgan fingerprint density at radius 3 is 2.89 bits per heavy atom. The minimum absolute atomic E-state index is 0.0138. The Bertz CT molecular complexity index is 525. The van der Waals surface area contributed by atoms with E-state index in [4.69, 9.17) is 10.5 Å². The molecule has 0 aliphatic heterocycles. The zero-order valence-corrected chi connectivity index (χ0v) is 10.8. The van der Waals surface area contributed by atoms with E-state index < -0.39 is 0 Å². The second-order valence-corrected chi connectivity index (χ2v) is 4.39. The number of hydrogen-bond acceptors (Lipinski definition) is 3. The fourth-order valence-corrected chi connectivity index (χ4v) is 2.06. The van der Waals surface area contributed by atoms with Gasteiger partial charge in [0.05, 0.1) is 7.11 Å². The second-order valence-electron chi connectivity index (χ2n) is 4.39. The van der Waals surface area contributed by atoms with Gasteiger partial charge in [0, 0.05) is 18.4 Å². The number of pyridine rings is 1. The van der Waals surface area contributed by atoms with Crippen molar-refractivity contribution in [3.8, 4) is 5.75 Å². The third-order valence-electron chi connectivity index (χ3n) is 3.05. The summed E-state index contributed by atoms with van der Waals surface area (Å²) in [5.41, 5.74) is 9.71. The van der Waals surface area contributed by atoms with Gasteiger partial charge in [0.25, 0.3) is 0 Å². The van der Waals surface area contributed by atoms with Crippen LogP contribution in [0.3, 0.4) is 0 Å². The maximum absolute atomic E-state index is 6.25. The molecule has 0 aliphatic carbocycles. The van der Waals surface area contributed by atoms with Crippen LogP contribution < -0.4 is 10.5 Å². The molecule has 1 aromatic carbocycles. The van der Waals surface area contributed by atoms with Gasteiger partial charge in [-0.25, -0.2) is 0 Å². The van der Waals surface area contributed by atoms with Gasteiger partial charge >= 0.3 is 0 Å². The molecule has 1 atom stereocenters. The lowest BCUT2D eigenvalue weighted by atomic mass is 9.97. The molecule has 18 heavy (non-hydrogen) atoms. The van der Waals surface area contributed by atoms with Crippen LogP contribution in [0.25, 0.3) is 0 Å². The maximum Gasteiger partial charge on any atom is 0.119 e. The quantitative estimate of drug-likeness (QED) is 0.896. The fourth-order valence-electron chi connectivity index (χ4n) is 2.06. The molecular weight excluding hydrogens is 224 g/mol. The molecule has 0 saturated carbocycles. The summed E-state index contributed by atoms with van der Waals surface area (Å²) >= 11 is 0. The van der Waals surface area contributed by atoms with E-state index in [1.807, 2.05) is 37.4 Å². The van der Waals surface area contributed by atoms with E-state index >= 15 is 0 Å². The Hall–Kier alpha value is -1.87. The second kappa shape index (κ2) is 5.65. The summed E-state index contributed by atoms with van der Waals surface area (Å²) in [6, 6.07) is 9.99. The van der Waals surface area contributed by atoms with Crippen LogP contribution in [0.2, 0.25) is 0 Å². The smallest absolute Gasteiger partial charge is 0.119 e. The van der Waals surface area contributed by atoms with Crippen LogP contribution in [-0.4, -0.2) is 12.1 Å². The van der Waals surface area contributed by atoms with E-state index in [1.165, 1.54) is 5.56 Å². The van der Waals surface area contributed by atoms with E-state index in [2.05, 4.69) is 11.1 Å². The van der Waals surface area contributed by atoms with Crippen molar-refractivity contribution in [1.82, 2.24) is 4.98 Å². The van der Waals surface area contributed by atoms with E-state index in [0.29, 0.717) is 0 Å². The summed E-state index contributed by atoms with van der Waals surface area (Å²) in [6.45, 7) is 2.04. The van der Waals surface area contributed by atoms with Crippen molar-refractivity contribution in [2.24, 2.45) is 5.73 Å². The number of ether oxygens (including phenoxy) is 1. The molecule has 0 radical (unpaired) electrons. The molecule has 94 valence electrons. The molecule has 0 fully saturated rings. The minimum Gasteiger partial charge on any atom is -0.497 e. The molecule has 2 N–H and O–H groups in total. The molecule has 3 nitrogen and oxygen atoms in total. The van der Waals surface area contributed by atoms with Crippen molar-refractivity contribution in [2.45, 2.75) is 19.4 Å². The summed E-state index contributed by atoms with van der Waals surface area (Å²) in [4.78, 5) is 4.09. The average molecular weight is 242 g/mol. The topological polar surface area (TPSA) is 48.1 Å². The van der Waals surface area contributed by atoms with Gasteiger partial charge in [0.1, 0.15) is 5.75 Å². The summed E-state index contributed by atoms with van der Waals surface area (Å²) in [7, 11) is 1.67. The van der Waals surface area contributed by atoms with Gasteiger partial charge in [0.2, 0.25) is 0 Å². The zero-order chi connectivity index (χ0) is 13.0. The van der Waals surface area contributed by atoms with Crippen LogP contribution in [0.15, 0.2) is 42.7 Å². The highest BCUT2D eigenvalue weighted by Crippen LogP contribution is 2.21. The molecule has 3 heteroatoms. The molecule has 2 rings (SSSR count). The Labute approximate surface area is 108 Å². The minimum atomic E-state index is -0.0138. The number of nitrogens with zero attached hydrogens (tertiary/aromatic N) is 1. The lowest BCUT2D eigenvalue weighted by Crippen LogP contribution is -2.14. The van der Waals surface area contributed by atoms with E-state index in [9.17, 15) is 0 Å². The van der Waals surface area contributed by atoms with Crippen LogP contribution in [-0.2, 0) is 6.42 Å². The van der Waals surface area contributed by atoms with Gasteiger partial charge in [-0.3, -0.25) is 4.98 Å². The van der Waals surface area contributed by atoms with Crippen molar-refractivity contribution in [2.75, 3.05) is 7.11 Å². The van der Waals surface area contributed by atoms with Crippen molar-refractivity contribution in [1.29, 1.82) is 0 Å². The number of benzene rings is 1. The third kappa shape index (κ3) is 2.87. The number of rotatable bonds is 4. The summed E-state index contributed by atoms with van der Waals surface area (Å²) in [5.74, 6) is 0.867. The third-order valence-corrected chi connectivity index (χ3v) is 3.05. The predicted molar refractivity (Wildman–Crippen MR) is 72.6 cm³/mol. The normalized spacial score (nSPS) is 12.2.